The average molecular weight is 664 g/mol. The number of nitrogens with one attached hydrogen (secondary N) is 1. The summed E-state index contributed by atoms with van der Waals surface area (Å²) < 4.78 is 23.7. The standard InChI is InChI=1S/C31H34FN3O5.C4H4O4/c1-3-40-31(38)33-26-14-10-24(11-15-26)30(37)35(27-6-4-5-7-28(27)39-2)21-20-34-18-16-23(17-19-34)29(36)22-8-12-25(32)13-9-22;5-3(6)1-2-4(7)8/h4-15,23H,3,16-21H2,1-2H3,(H,33,38);1-2H,(H,5,6)(H,7,8). The Balaban J connectivity index is 0.000000694. The number of rotatable bonds is 12. The van der Waals surface area contributed by atoms with Crippen molar-refractivity contribution in [3.63, 3.8) is 0 Å². The lowest BCUT2D eigenvalue weighted by Crippen LogP contribution is -2.43. The Hall–Kier alpha value is -5.56. The summed E-state index contributed by atoms with van der Waals surface area (Å²) in [5.41, 5.74) is 2.18. The third-order valence-corrected chi connectivity index (χ3v) is 7.37. The van der Waals surface area contributed by atoms with Crippen LogP contribution in [0.4, 0.5) is 20.6 Å². The number of likely N-dealkylation sites (tertiary alicyclic amines) is 1. The second kappa shape index (κ2) is 18.6. The van der Waals surface area contributed by atoms with E-state index in [1.807, 2.05) is 24.3 Å². The van der Waals surface area contributed by atoms with E-state index in [1.54, 1.807) is 55.3 Å². The zero-order chi connectivity index (χ0) is 35.1. The highest BCUT2D eigenvalue weighted by Gasteiger charge is 2.27. The van der Waals surface area contributed by atoms with E-state index >= 15 is 0 Å². The molecular weight excluding hydrogens is 625 g/mol. The van der Waals surface area contributed by atoms with E-state index in [0.29, 0.717) is 66.3 Å². The molecule has 254 valence electrons. The lowest BCUT2D eigenvalue weighted by molar-refractivity contribution is -0.134. The summed E-state index contributed by atoms with van der Waals surface area (Å²) in [5.74, 6) is -2.54. The smallest absolute Gasteiger partial charge is 0.411 e. The maximum atomic E-state index is 13.7. The van der Waals surface area contributed by atoms with Gasteiger partial charge in [-0.05, 0) is 93.5 Å². The number of nitrogens with zero attached hydrogens (tertiary/aromatic N) is 2. The number of carbonyl (C=O) groups excluding carboxylic acids is 3. The molecule has 1 fully saturated rings. The number of anilines is 2. The average Bonchev–Trinajstić information content (AvgIpc) is 3.08. The Bertz CT molecular complexity index is 1570. The SMILES string of the molecule is CCOC(=O)Nc1ccc(C(=O)N(CCN2CCC(C(=O)c3ccc(F)cc3)CC2)c2ccccc2OC)cc1.O=C(O)C=CC(=O)O. The van der Waals surface area contributed by atoms with Crippen LogP contribution in [0.5, 0.6) is 5.75 Å². The number of piperidine rings is 1. The molecule has 0 bridgehead atoms. The largest absolute Gasteiger partial charge is 0.495 e. The Morgan fingerprint density at radius 2 is 1.48 bits per heavy atom. The molecule has 0 unspecified atom stereocenters. The Morgan fingerprint density at radius 1 is 0.896 bits per heavy atom. The Kier molecular flexibility index (Phi) is 14.3. The summed E-state index contributed by atoms with van der Waals surface area (Å²) in [6, 6.07) is 19.7. The fraction of sp³-hybridized carbons (Fsp3) is 0.286. The maximum Gasteiger partial charge on any atom is 0.411 e. The van der Waals surface area contributed by atoms with Gasteiger partial charge in [-0.1, -0.05) is 12.1 Å². The van der Waals surface area contributed by atoms with Gasteiger partial charge in [0.05, 0.1) is 19.4 Å². The molecule has 1 saturated heterocycles. The minimum atomic E-state index is -1.26. The van der Waals surface area contributed by atoms with E-state index in [0.717, 1.165) is 13.1 Å². The molecule has 0 saturated carbocycles. The Labute approximate surface area is 277 Å². The van der Waals surface area contributed by atoms with Crippen LogP contribution in [0, 0.1) is 11.7 Å². The number of carboxylic acids is 2. The maximum absolute atomic E-state index is 13.7. The van der Waals surface area contributed by atoms with Gasteiger partial charge in [-0.3, -0.25) is 14.9 Å². The fourth-order valence-electron chi connectivity index (χ4n) is 4.97. The van der Waals surface area contributed by atoms with E-state index in [9.17, 15) is 28.4 Å². The monoisotopic (exact) mass is 663 g/mol. The first-order valence-corrected chi connectivity index (χ1v) is 15.2. The molecule has 4 rings (SSSR count). The molecule has 13 heteroatoms. The van der Waals surface area contributed by atoms with Crippen molar-refractivity contribution in [3.05, 3.63) is 102 Å². The number of ether oxygens (including phenoxy) is 2. The van der Waals surface area contributed by atoms with Gasteiger partial charge in [0.15, 0.2) is 5.78 Å². The molecule has 0 atom stereocenters. The van der Waals surface area contributed by atoms with Crippen LogP contribution < -0.4 is 15.0 Å². The van der Waals surface area contributed by atoms with Gasteiger partial charge in [0.1, 0.15) is 11.6 Å². The number of halogens is 1. The number of Topliss-reactive ketones (excluding diaryl/α,β-unsaturated/α-hetero) is 1. The first-order chi connectivity index (χ1) is 23.0. The summed E-state index contributed by atoms with van der Waals surface area (Å²) >= 11 is 0. The van der Waals surface area contributed by atoms with Crippen LogP contribution in [0.1, 0.15) is 40.5 Å². The summed E-state index contributed by atoms with van der Waals surface area (Å²) in [7, 11) is 1.57. The normalized spacial score (nSPS) is 13.1. The molecule has 1 aliphatic rings. The van der Waals surface area contributed by atoms with Gasteiger partial charge in [-0.15, -0.1) is 0 Å². The molecule has 1 aliphatic heterocycles. The van der Waals surface area contributed by atoms with Crippen molar-refractivity contribution in [3.8, 4) is 5.75 Å². The number of ketones is 1. The zero-order valence-electron chi connectivity index (χ0n) is 26.6. The number of para-hydroxylation sites is 2. The zero-order valence-corrected chi connectivity index (χ0v) is 26.6. The van der Waals surface area contributed by atoms with Gasteiger partial charge in [0.25, 0.3) is 5.91 Å². The minimum Gasteiger partial charge on any atom is -0.495 e. The highest BCUT2D eigenvalue weighted by Crippen LogP contribution is 2.30. The number of benzene rings is 3. The molecule has 48 heavy (non-hydrogen) atoms. The molecule has 1 heterocycles. The van der Waals surface area contributed by atoms with E-state index in [-0.39, 0.29) is 30.0 Å². The number of hydrogen-bond acceptors (Lipinski definition) is 8. The van der Waals surface area contributed by atoms with Crippen LogP contribution >= 0.6 is 0 Å². The molecule has 3 aromatic carbocycles. The van der Waals surface area contributed by atoms with Crippen molar-refractivity contribution in [2.45, 2.75) is 19.8 Å². The third kappa shape index (κ3) is 11.4. The van der Waals surface area contributed by atoms with E-state index in [4.69, 9.17) is 19.7 Å². The fourth-order valence-corrected chi connectivity index (χ4v) is 4.97. The first-order valence-electron chi connectivity index (χ1n) is 15.2. The second-order valence-corrected chi connectivity index (χ2v) is 10.5. The number of aliphatic carboxylic acids is 2. The van der Waals surface area contributed by atoms with Crippen LogP contribution in [0.3, 0.4) is 0 Å². The summed E-state index contributed by atoms with van der Waals surface area (Å²) in [4.78, 5) is 61.3. The van der Waals surface area contributed by atoms with E-state index in [1.165, 1.54) is 12.1 Å². The molecule has 0 aliphatic carbocycles. The van der Waals surface area contributed by atoms with Crippen LogP contribution in [0.25, 0.3) is 0 Å². The van der Waals surface area contributed by atoms with Crippen LogP contribution in [0.15, 0.2) is 84.9 Å². The predicted octanol–water partition coefficient (Wildman–Crippen LogP) is 5.36. The van der Waals surface area contributed by atoms with Gasteiger partial charge in [0, 0.05) is 48.0 Å². The summed E-state index contributed by atoms with van der Waals surface area (Å²) in [6.07, 6.45) is 1.96. The number of amides is 2. The highest BCUT2D eigenvalue weighted by molar-refractivity contribution is 6.07. The highest BCUT2D eigenvalue weighted by atomic mass is 19.1. The topological polar surface area (TPSA) is 163 Å². The molecule has 3 aromatic rings. The van der Waals surface area contributed by atoms with Crippen LogP contribution in [0.2, 0.25) is 0 Å². The van der Waals surface area contributed by atoms with Crippen molar-refractivity contribution in [2.24, 2.45) is 5.92 Å². The van der Waals surface area contributed by atoms with Gasteiger partial charge in [0.2, 0.25) is 0 Å². The number of carboxylic acid groups (broad SMARTS) is 2. The quantitative estimate of drug-likeness (QED) is 0.170. The van der Waals surface area contributed by atoms with Gasteiger partial charge >= 0.3 is 18.0 Å². The van der Waals surface area contributed by atoms with Gasteiger partial charge < -0.3 is 29.5 Å². The molecule has 3 N–H and O–H groups in total. The lowest BCUT2D eigenvalue weighted by atomic mass is 9.89. The number of methoxy groups -OCH3 is 1. The van der Waals surface area contributed by atoms with Gasteiger partial charge in [-0.2, -0.15) is 0 Å². The molecule has 0 spiro atoms. The molecule has 2 amide bonds. The van der Waals surface area contributed by atoms with Crippen molar-refractivity contribution < 1.29 is 48.0 Å². The molecule has 0 radical (unpaired) electrons. The molecule has 12 nitrogen and oxygen atoms in total. The minimum absolute atomic E-state index is 0.0476. The van der Waals surface area contributed by atoms with Crippen LogP contribution in [-0.2, 0) is 14.3 Å². The molecule has 0 aromatic heterocycles. The summed E-state index contributed by atoms with van der Waals surface area (Å²) in [5, 5.41) is 18.3. The van der Waals surface area contributed by atoms with Crippen LogP contribution in [-0.4, -0.2) is 84.7 Å². The van der Waals surface area contributed by atoms with Crippen molar-refractivity contribution in [1.82, 2.24) is 4.90 Å². The predicted molar refractivity (Wildman–Crippen MR) is 176 cm³/mol. The third-order valence-electron chi connectivity index (χ3n) is 7.37. The molecular formula is C35H38FN3O9. The number of hydrogen-bond donors (Lipinski definition) is 3. The van der Waals surface area contributed by atoms with Crippen molar-refractivity contribution in [1.29, 1.82) is 0 Å². The number of carbonyl (C=O) groups is 5. The first kappa shape index (κ1) is 36.9. The van der Waals surface area contributed by atoms with E-state index < -0.39 is 18.0 Å². The van der Waals surface area contributed by atoms with Gasteiger partial charge in [-0.25, -0.2) is 18.8 Å². The van der Waals surface area contributed by atoms with Crippen molar-refractivity contribution >= 4 is 41.1 Å². The second-order valence-electron chi connectivity index (χ2n) is 10.5. The summed E-state index contributed by atoms with van der Waals surface area (Å²) in [6.45, 7) is 4.46. The van der Waals surface area contributed by atoms with E-state index in [2.05, 4.69) is 10.2 Å². The van der Waals surface area contributed by atoms with Crippen molar-refractivity contribution in [2.75, 3.05) is 50.1 Å². The Morgan fingerprint density at radius 3 is 2.04 bits per heavy atom. The lowest BCUT2D eigenvalue weighted by Gasteiger charge is -2.33.